The maximum atomic E-state index is 12.3. The molecule has 7 nitrogen and oxygen atoms in total. The zero-order chi connectivity index (χ0) is 29.4. The summed E-state index contributed by atoms with van der Waals surface area (Å²) < 4.78 is 73.1. The predicted octanol–water partition coefficient (Wildman–Crippen LogP) is 3.40. The van der Waals surface area contributed by atoms with Crippen LogP contribution in [-0.2, 0) is 14.9 Å². The first-order chi connectivity index (χ1) is 17.7. The molecule has 0 radical (unpaired) electrons. The lowest BCUT2D eigenvalue weighted by Crippen LogP contribution is -2.58. The van der Waals surface area contributed by atoms with Crippen LogP contribution in [0.3, 0.4) is 0 Å². The molecule has 0 saturated heterocycles. The lowest BCUT2D eigenvalue weighted by atomic mass is 9.43. The summed E-state index contributed by atoms with van der Waals surface area (Å²) in [4.78, 5) is 12.3. The van der Waals surface area contributed by atoms with Crippen molar-refractivity contribution >= 4 is 16.0 Å². The molecule has 0 aromatic carbocycles. The van der Waals surface area contributed by atoms with Crippen LogP contribution in [-0.4, -0.2) is 53.6 Å². The monoisotopic (exact) mass is 504 g/mol. The van der Waals surface area contributed by atoms with E-state index < -0.39 is 57.5 Å². The Kier molecular flexibility index (Phi) is 5.77. The lowest BCUT2D eigenvalue weighted by molar-refractivity contribution is -0.174. The summed E-state index contributed by atoms with van der Waals surface area (Å²) in [5.74, 6) is -0.958. The van der Waals surface area contributed by atoms with Crippen molar-refractivity contribution in [2.45, 2.75) is 97.1 Å². The second kappa shape index (κ2) is 9.64. The van der Waals surface area contributed by atoms with Crippen LogP contribution in [0.25, 0.3) is 0 Å². The van der Waals surface area contributed by atoms with Gasteiger partial charge in [-0.15, -0.1) is 0 Å². The topological polar surface area (TPSA) is 124 Å². The summed E-state index contributed by atoms with van der Waals surface area (Å²) in [6.45, 7) is 5.98. The van der Waals surface area contributed by atoms with Gasteiger partial charge in [0.2, 0.25) is 5.91 Å². The smallest absolute Gasteiger partial charge is 0.266 e. The average Bonchev–Trinajstić information content (AvgIpc) is 3.15. The van der Waals surface area contributed by atoms with Crippen LogP contribution in [0.1, 0.15) is 91.7 Å². The van der Waals surface area contributed by atoms with Crippen LogP contribution in [0.15, 0.2) is 0 Å². The van der Waals surface area contributed by atoms with Crippen LogP contribution in [0.4, 0.5) is 0 Å². The summed E-state index contributed by atoms with van der Waals surface area (Å²) in [5, 5.41) is 24.9. The van der Waals surface area contributed by atoms with Gasteiger partial charge in [0, 0.05) is 18.4 Å². The molecule has 10 atom stereocenters. The molecule has 0 unspecified atom stereocenters. The lowest BCUT2D eigenvalue weighted by Gasteiger charge is -2.62. The molecule has 0 bridgehead atoms. The highest BCUT2D eigenvalue weighted by Crippen LogP contribution is 2.68. The molecule has 8 heteroatoms. The number of aliphatic hydroxyl groups excluding tert-OH is 1. The molecule has 0 aromatic rings. The number of rotatable bonds is 7. The Balaban J connectivity index is 1.49. The molecule has 1 amide bonds. The maximum absolute atomic E-state index is 12.3. The number of nitrogens with one attached hydrogen (secondary N) is 1. The first kappa shape index (κ1) is 20.4. The number of fused-ring (bicyclic) bond motifs is 5. The molecule has 0 heterocycles. The van der Waals surface area contributed by atoms with E-state index in [0.717, 1.165) is 12.8 Å². The van der Waals surface area contributed by atoms with E-state index in [1.807, 2.05) is 6.92 Å². The van der Waals surface area contributed by atoms with E-state index in [2.05, 4.69) is 19.2 Å². The molecule has 34 heavy (non-hydrogen) atoms. The van der Waals surface area contributed by atoms with Crippen molar-refractivity contribution in [3.8, 4) is 0 Å². The van der Waals surface area contributed by atoms with E-state index in [-0.39, 0.29) is 54.9 Å². The van der Waals surface area contributed by atoms with Gasteiger partial charge in [-0.2, -0.15) is 8.42 Å². The third-order valence-corrected chi connectivity index (χ3v) is 10.9. The summed E-state index contributed by atoms with van der Waals surface area (Å²) in [5.41, 5.74) is -1.19. The Hall–Kier alpha value is -0.700. The van der Waals surface area contributed by atoms with Crippen molar-refractivity contribution in [2.75, 3.05) is 12.3 Å². The van der Waals surface area contributed by atoms with Gasteiger partial charge in [0.25, 0.3) is 10.1 Å². The van der Waals surface area contributed by atoms with Gasteiger partial charge in [0.05, 0.1) is 19.3 Å². The Labute approximate surface area is 212 Å². The van der Waals surface area contributed by atoms with E-state index in [1.54, 1.807) is 0 Å². The Morgan fingerprint density at radius 1 is 1.21 bits per heavy atom. The summed E-state index contributed by atoms with van der Waals surface area (Å²) in [7, 11) is -4.14. The Morgan fingerprint density at radius 2 is 1.94 bits per heavy atom. The first-order valence-electron chi connectivity index (χ1n) is 15.3. The molecule has 0 aliphatic heterocycles. The zero-order valence-corrected chi connectivity index (χ0v) is 21.4. The zero-order valence-electron chi connectivity index (χ0n) is 25.6. The molecule has 0 spiro atoms. The van der Waals surface area contributed by atoms with Crippen LogP contribution in [0.5, 0.6) is 0 Å². The van der Waals surface area contributed by atoms with Crippen molar-refractivity contribution in [1.82, 2.24) is 5.32 Å². The SMILES string of the molecule is [2H]C1([2H])C[C@@]2(C)[C@@H]3C[C@@H](O)[C@]4(C)[C@H](CC[C@H]4[C@@H](C)CCC(=O)NCCS(=O)(=O)O)[C@H]3CC[C@H]2C([2H])([2H])[C@@]1([2H])O. The molecule has 4 N–H and O–H groups in total. The number of hydrogen-bond acceptors (Lipinski definition) is 5. The van der Waals surface area contributed by atoms with Gasteiger partial charge in [0.1, 0.15) is 0 Å². The minimum Gasteiger partial charge on any atom is -0.393 e. The fraction of sp³-hybridized carbons (Fsp3) is 0.962. The first-order valence-corrected chi connectivity index (χ1v) is 14.4. The summed E-state index contributed by atoms with van der Waals surface area (Å²) >= 11 is 0. The molecule has 196 valence electrons. The highest BCUT2D eigenvalue weighted by atomic mass is 32.2. The molecular weight excluding hydrogens is 454 g/mol. The molecule has 0 aromatic heterocycles. The normalized spacial score (nSPS) is 52.4. The van der Waals surface area contributed by atoms with Crippen LogP contribution in [0.2, 0.25) is 0 Å². The third-order valence-electron chi connectivity index (χ3n) is 10.2. The number of carbonyl (C=O) groups is 1. The van der Waals surface area contributed by atoms with Crippen LogP contribution < -0.4 is 5.32 Å². The second-order valence-corrected chi connectivity index (χ2v) is 13.4. The molecule has 4 rings (SSSR count). The van der Waals surface area contributed by atoms with E-state index in [4.69, 9.17) is 11.4 Å². The number of carbonyl (C=O) groups excluding carboxylic acids is 1. The summed E-state index contributed by atoms with van der Waals surface area (Å²) in [6.07, 6.45) is -4.30. The van der Waals surface area contributed by atoms with Gasteiger partial charge < -0.3 is 15.5 Å². The minimum absolute atomic E-state index is 0.117. The van der Waals surface area contributed by atoms with Crippen molar-refractivity contribution in [2.24, 2.45) is 46.3 Å². The number of hydrogen-bond donors (Lipinski definition) is 4. The molecule has 4 aliphatic rings. The largest absolute Gasteiger partial charge is 0.393 e. The molecule has 4 saturated carbocycles. The maximum Gasteiger partial charge on any atom is 0.266 e. The Morgan fingerprint density at radius 3 is 2.65 bits per heavy atom. The van der Waals surface area contributed by atoms with Crippen molar-refractivity contribution in [3.63, 3.8) is 0 Å². The van der Waals surface area contributed by atoms with Crippen LogP contribution in [0, 0.1) is 46.3 Å². The van der Waals surface area contributed by atoms with Gasteiger partial charge in [-0.25, -0.2) is 0 Å². The minimum atomic E-state index is -4.14. The molecular formula is C26H45NO6S. The third kappa shape index (κ3) is 4.81. The van der Waals surface area contributed by atoms with Crippen molar-refractivity contribution in [1.29, 1.82) is 0 Å². The van der Waals surface area contributed by atoms with Gasteiger partial charge in [-0.05, 0) is 104 Å². The molecule has 4 aliphatic carbocycles. The van der Waals surface area contributed by atoms with Crippen molar-refractivity contribution in [3.05, 3.63) is 0 Å². The van der Waals surface area contributed by atoms with Crippen molar-refractivity contribution < 1.29 is 34.8 Å². The van der Waals surface area contributed by atoms with Gasteiger partial charge in [-0.1, -0.05) is 20.8 Å². The van der Waals surface area contributed by atoms with Gasteiger partial charge >= 0.3 is 0 Å². The predicted molar refractivity (Wildman–Crippen MR) is 130 cm³/mol. The molecule has 4 fully saturated rings. The quantitative estimate of drug-likeness (QED) is 0.394. The summed E-state index contributed by atoms with van der Waals surface area (Å²) in [6, 6.07) is 0. The van der Waals surface area contributed by atoms with E-state index in [1.165, 1.54) is 0 Å². The fourth-order valence-electron chi connectivity index (χ4n) is 8.33. The fourth-order valence-corrected chi connectivity index (χ4v) is 8.69. The van der Waals surface area contributed by atoms with E-state index in [9.17, 15) is 23.4 Å². The standard InChI is InChI=1S/C26H45NO6S/c1-16(4-9-24(30)27-12-13-34(31,32)33)20-7-8-21-19-6-5-17-14-18(28)10-11-25(17,2)22(19)15-23(29)26(20,21)3/h16-23,28-29H,4-15H2,1-3H3,(H,27,30)(H,31,32,33)/t16-,17-,18-,19+,20-,21+,22+,23+,25+,26-/m0/s1/i10D2,14D2,18D. The van der Waals surface area contributed by atoms with Gasteiger partial charge in [-0.3, -0.25) is 9.35 Å². The van der Waals surface area contributed by atoms with E-state index >= 15 is 0 Å². The van der Waals surface area contributed by atoms with Gasteiger partial charge in [0.15, 0.2) is 0 Å². The van der Waals surface area contributed by atoms with Crippen LogP contribution >= 0.6 is 0 Å². The second-order valence-electron chi connectivity index (χ2n) is 11.8. The Bertz CT molecular complexity index is 1070. The van der Waals surface area contributed by atoms with E-state index in [0.29, 0.717) is 25.7 Å². The number of aliphatic hydroxyl groups is 2. The highest BCUT2D eigenvalue weighted by Gasteiger charge is 2.63. The highest BCUT2D eigenvalue weighted by molar-refractivity contribution is 7.85. The average molecular weight is 505 g/mol. The number of amides is 1.